The van der Waals surface area contributed by atoms with Gasteiger partial charge in [-0.1, -0.05) is 46.3 Å². The summed E-state index contributed by atoms with van der Waals surface area (Å²) in [7, 11) is 0. The molecular weight excluding hydrogens is 382 g/mol. The Morgan fingerprint density at radius 1 is 1.08 bits per heavy atom. The van der Waals surface area contributed by atoms with E-state index in [-0.39, 0.29) is 12.5 Å². The van der Waals surface area contributed by atoms with Crippen molar-refractivity contribution in [3.8, 4) is 17.1 Å². The summed E-state index contributed by atoms with van der Waals surface area (Å²) in [6.45, 7) is 2.25. The Bertz CT molecular complexity index is 855. The van der Waals surface area contributed by atoms with Gasteiger partial charge in [0.15, 0.2) is 6.61 Å². The van der Waals surface area contributed by atoms with E-state index in [1.165, 1.54) is 0 Å². The quantitative estimate of drug-likeness (QED) is 0.652. The molecule has 4 nitrogen and oxygen atoms in total. The molecule has 0 spiro atoms. The molecule has 0 saturated carbocycles. The molecule has 0 saturated heterocycles. The van der Waals surface area contributed by atoms with Gasteiger partial charge in [0.25, 0.3) is 5.91 Å². The minimum absolute atomic E-state index is 0.0227. The van der Waals surface area contributed by atoms with Crippen molar-refractivity contribution < 1.29 is 13.9 Å². The number of aryl methyl sites for hydroxylation is 1. The first-order chi connectivity index (χ1) is 12.1. The lowest BCUT2D eigenvalue weighted by Crippen LogP contribution is -2.28. The van der Waals surface area contributed by atoms with Gasteiger partial charge in [0, 0.05) is 10.0 Å². The third kappa shape index (κ3) is 4.73. The summed E-state index contributed by atoms with van der Waals surface area (Å²) in [5.74, 6) is 1.99. The number of benzene rings is 2. The fraction of sp³-hybridized carbons (Fsp3) is 0.150. The Hall–Kier alpha value is -2.53. The predicted octanol–water partition coefficient (Wildman–Crippen LogP) is 4.71. The Morgan fingerprint density at radius 2 is 1.84 bits per heavy atom. The van der Waals surface area contributed by atoms with Gasteiger partial charge >= 0.3 is 0 Å². The van der Waals surface area contributed by atoms with Crippen molar-refractivity contribution in [2.75, 3.05) is 6.61 Å². The third-order valence-electron chi connectivity index (χ3n) is 3.70. The van der Waals surface area contributed by atoms with Gasteiger partial charge in [0.2, 0.25) is 0 Å². The summed E-state index contributed by atoms with van der Waals surface area (Å²) in [6, 6.07) is 19.2. The van der Waals surface area contributed by atoms with Crippen molar-refractivity contribution in [3.63, 3.8) is 0 Å². The smallest absolute Gasteiger partial charge is 0.258 e. The van der Waals surface area contributed by atoms with Gasteiger partial charge in [-0.2, -0.15) is 0 Å². The van der Waals surface area contributed by atoms with Gasteiger partial charge in [0.05, 0.1) is 6.54 Å². The summed E-state index contributed by atoms with van der Waals surface area (Å²) in [5, 5.41) is 2.80. The highest BCUT2D eigenvalue weighted by molar-refractivity contribution is 9.10. The van der Waals surface area contributed by atoms with Gasteiger partial charge in [0.1, 0.15) is 17.3 Å². The first-order valence-electron chi connectivity index (χ1n) is 7.91. The van der Waals surface area contributed by atoms with E-state index in [1.807, 2.05) is 67.6 Å². The molecule has 0 radical (unpaired) electrons. The number of rotatable bonds is 6. The number of carbonyl (C=O) groups is 1. The molecule has 25 heavy (non-hydrogen) atoms. The molecule has 1 amide bonds. The number of nitrogens with one attached hydrogen (secondary N) is 1. The minimum Gasteiger partial charge on any atom is -0.484 e. The van der Waals surface area contributed by atoms with E-state index in [1.54, 1.807) is 0 Å². The van der Waals surface area contributed by atoms with Gasteiger partial charge in [-0.3, -0.25) is 4.79 Å². The molecule has 3 rings (SSSR count). The second-order valence-electron chi connectivity index (χ2n) is 5.60. The predicted molar refractivity (Wildman–Crippen MR) is 100 cm³/mol. The zero-order chi connectivity index (χ0) is 17.6. The van der Waals surface area contributed by atoms with E-state index in [2.05, 4.69) is 21.2 Å². The van der Waals surface area contributed by atoms with Gasteiger partial charge in [-0.15, -0.1) is 0 Å². The van der Waals surface area contributed by atoms with Crippen LogP contribution in [0.1, 0.15) is 11.3 Å². The maximum absolute atomic E-state index is 11.9. The summed E-state index contributed by atoms with van der Waals surface area (Å²) < 4.78 is 12.3. The molecule has 0 aliphatic carbocycles. The van der Waals surface area contributed by atoms with Crippen molar-refractivity contribution in [3.05, 3.63) is 76.5 Å². The number of carbonyl (C=O) groups excluding carboxylic acids is 1. The van der Waals surface area contributed by atoms with Gasteiger partial charge in [-0.25, -0.2) is 0 Å². The zero-order valence-corrected chi connectivity index (χ0v) is 15.4. The first-order valence-corrected chi connectivity index (χ1v) is 8.71. The van der Waals surface area contributed by atoms with Crippen LogP contribution in [0.4, 0.5) is 0 Å². The molecule has 5 heteroatoms. The molecule has 0 fully saturated rings. The molecule has 0 atom stereocenters. The monoisotopic (exact) mass is 399 g/mol. The van der Waals surface area contributed by atoms with Crippen molar-refractivity contribution >= 4 is 21.8 Å². The van der Waals surface area contributed by atoms with Crippen LogP contribution in [0.3, 0.4) is 0 Å². The van der Waals surface area contributed by atoms with E-state index in [9.17, 15) is 4.79 Å². The van der Waals surface area contributed by atoms with E-state index in [0.29, 0.717) is 18.1 Å². The highest BCUT2D eigenvalue weighted by Gasteiger charge is 2.08. The number of hydrogen-bond donors (Lipinski definition) is 1. The fourth-order valence-corrected chi connectivity index (χ4v) is 2.60. The zero-order valence-electron chi connectivity index (χ0n) is 13.8. The van der Waals surface area contributed by atoms with Crippen LogP contribution in [0.5, 0.6) is 5.75 Å². The molecule has 0 aliphatic rings. The maximum Gasteiger partial charge on any atom is 0.258 e. The second-order valence-corrected chi connectivity index (χ2v) is 6.52. The standard InChI is InChI=1S/C20H18BrNO3/c1-14-4-2-3-5-18(14)24-13-20(23)22-12-17-10-11-19(25-17)15-6-8-16(21)9-7-15/h2-11H,12-13H2,1H3,(H,22,23). The maximum atomic E-state index is 11.9. The number of ether oxygens (including phenoxy) is 1. The summed E-state index contributed by atoms with van der Waals surface area (Å²) >= 11 is 3.41. The summed E-state index contributed by atoms with van der Waals surface area (Å²) in [5.41, 5.74) is 1.99. The Labute approximate surface area is 154 Å². The molecule has 1 heterocycles. The SMILES string of the molecule is Cc1ccccc1OCC(=O)NCc1ccc(-c2ccc(Br)cc2)o1. The fourth-order valence-electron chi connectivity index (χ4n) is 2.34. The lowest BCUT2D eigenvalue weighted by Gasteiger charge is -2.08. The average molecular weight is 400 g/mol. The van der Waals surface area contributed by atoms with Crippen molar-refractivity contribution in [2.24, 2.45) is 0 Å². The molecule has 3 aromatic rings. The van der Waals surface area contributed by atoms with Crippen LogP contribution >= 0.6 is 15.9 Å². The van der Waals surface area contributed by atoms with E-state index in [0.717, 1.165) is 21.4 Å². The van der Waals surface area contributed by atoms with E-state index >= 15 is 0 Å². The van der Waals surface area contributed by atoms with Crippen LogP contribution in [0.25, 0.3) is 11.3 Å². The van der Waals surface area contributed by atoms with Crippen molar-refractivity contribution in [1.29, 1.82) is 0 Å². The van der Waals surface area contributed by atoms with Crippen molar-refractivity contribution in [2.45, 2.75) is 13.5 Å². The molecule has 0 unspecified atom stereocenters. The molecule has 128 valence electrons. The Balaban J connectivity index is 1.51. The van der Waals surface area contributed by atoms with E-state index in [4.69, 9.17) is 9.15 Å². The number of furan rings is 1. The largest absolute Gasteiger partial charge is 0.484 e. The number of hydrogen-bond acceptors (Lipinski definition) is 3. The second kappa shape index (κ2) is 8.03. The van der Waals surface area contributed by atoms with Gasteiger partial charge in [-0.05, 0) is 42.8 Å². The molecule has 0 bridgehead atoms. The lowest BCUT2D eigenvalue weighted by atomic mass is 10.2. The first kappa shape index (κ1) is 17.3. The van der Waals surface area contributed by atoms with Crippen molar-refractivity contribution in [1.82, 2.24) is 5.32 Å². The number of halogens is 1. The Kier molecular flexibility index (Phi) is 5.56. The van der Waals surface area contributed by atoms with Crippen LogP contribution in [0.2, 0.25) is 0 Å². The van der Waals surface area contributed by atoms with Gasteiger partial charge < -0.3 is 14.5 Å². The normalized spacial score (nSPS) is 10.5. The number of para-hydroxylation sites is 1. The molecular formula is C20H18BrNO3. The highest BCUT2D eigenvalue weighted by atomic mass is 79.9. The summed E-state index contributed by atoms with van der Waals surface area (Å²) in [4.78, 5) is 11.9. The van der Waals surface area contributed by atoms with Crippen LogP contribution in [-0.4, -0.2) is 12.5 Å². The third-order valence-corrected chi connectivity index (χ3v) is 4.23. The summed E-state index contributed by atoms with van der Waals surface area (Å²) in [6.07, 6.45) is 0. The topological polar surface area (TPSA) is 51.5 Å². The number of amides is 1. The lowest BCUT2D eigenvalue weighted by molar-refractivity contribution is -0.123. The van der Waals surface area contributed by atoms with E-state index < -0.39 is 0 Å². The minimum atomic E-state index is -0.190. The van der Waals surface area contributed by atoms with Crippen LogP contribution < -0.4 is 10.1 Å². The Morgan fingerprint density at radius 3 is 2.60 bits per heavy atom. The van der Waals surface area contributed by atoms with Crippen LogP contribution in [0, 0.1) is 6.92 Å². The molecule has 0 aliphatic heterocycles. The molecule has 1 N–H and O–H groups in total. The molecule has 1 aromatic heterocycles. The van der Waals surface area contributed by atoms with Crippen LogP contribution in [-0.2, 0) is 11.3 Å². The molecule has 2 aromatic carbocycles. The average Bonchev–Trinajstić information content (AvgIpc) is 3.09. The van der Waals surface area contributed by atoms with Crippen LogP contribution in [0.15, 0.2) is 69.6 Å². The highest BCUT2D eigenvalue weighted by Crippen LogP contribution is 2.24.